The summed E-state index contributed by atoms with van der Waals surface area (Å²) in [7, 11) is 0. The summed E-state index contributed by atoms with van der Waals surface area (Å²) in [5, 5.41) is 3.30. The first-order valence-electron chi connectivity index (χ1n) is 18.9. The monoisotopic (exact) mass is 518 g/mol. The lowest BCUT2D eigenvalue weighted by Crippen LogP contribution is -1.92. The van der Waals surface area contributed by atoms with Gasteiger partial charge in [-0.1, -0.05) is 151 Å². The smallest absolute Gasteiger partial charge is 0.0622 e. The fourth-order valence-corrected chi connectivity index (χ4v) is 5.71. The number of hydrogen-bond acceptors (Lipinski definition) is 0. The normalized spacial score (nSPS) is 15.7. The molecule has 8 rings (SSSR count). The predicted molar refractivity (Wildman–Crippen MR) is 173 cm³/mol. The second-order valence-electron chi connectivity index (χ2n) is 9.60. The Bertz CT molecular complexity index is 2800. The van der Waals surface area contributed by atoms with Crippen LogP contribution >= 0.6 is 0 Å². The van der Waals surface area contributed by atoms with Gasteiger partial charge in [0.15, 0.2) is 0 Å². The average molecular weight is 519 g/mol. The lowest BCUT2D eigenvalue weighted by molar-refractivity contribution is 1.65. The Morgan fingerprint density at radius 2 is 0.950 bits per heavy atom. The highest BCUT2D eigenvalue weighted by atomic mass is 14.2. The van der Waals surface area contributed by atoms with Gasteiger partial charge in [0.25, 0.3) is 0 Å². The molecule has 8 aromatic carbocycles. The quantitative estimate of drug-likeness (QED) is 0.204. The van der Waals surface area contributed by atoms with E-state index in [-0.39, 0.29) is 38.2 Å². The molecule has 0 aliphatic carbocycles. The summed E-state index contributed by atoms with van der Waals surface area (Å²) in [6.45, 7) is 0. The summed E-state index contributed by atoms with van der Waals surface area (Å²) in [5.41, 5.74) is 2.17. The fraction of sp³-hybridized carbons (Fsp3) is 0. The van der Waals surface area contributed by atoms with Gasteiger partial charge >= 0.3 is 0 Å². The molecular weight excluding hydrogens is 480 g/mol. The Morgan fingerprint density at radius 1 is 0.350 bits per heavy atom. The minimum Gasteiger partial charge on any atom is -0.0622 e. The van der Waals surface area contributed by atoms with Crippen LogP contribution in [0, 0.1) is 0 Å². The van der Waals surface area contributed by atoms with Crippen molar-refractivity contribution in [2.75, 3.05) is 0 Å². The van der Waals surface area contributed by atoms with Gasteiger partial charge in [0.05, 0.1) is 16.4 Å². The standard InChI is InChI=1S/C40H26/c1-2-13-28(14-3-1)39-35-16-6-8-18-37(35)40(38-19-9-7-17-36(38)39)34-23-11-21-32-31(20-10-22-33(32)34)30-25-24-27-12-4-5-15-29(27)26-30/h1-26H/i1D,2D,3D,6D,7D,8D,9D,13D,16D,17D,18D,19D. The summed E-state index contributed by atoms with van der Waals surface area (Å²) in [6.07, 6.45) is 0. The second kappa shape index (κ2) is 9.22. The van der Waals surface area contributed by atoms with Gasteiger partial charge in [0, 0.05) is 0 Å². The van der Waals surface area contributed by atoms with Gasteiger partial charge in [0.2, 0.25) is 0 Å². The van der Waals surface area contributed by atoms with Gasteiger partial charge < -0.3 is 0 Å². The molecule has 0 nitrogen and oxygen atoms in total. The van der Waals surface area contributed by atoms with Crippen molar-refractivity contribution in [3.8, 4) is 33.4 Å². The van der Waals surface area contributed by atoms with Crippen LogP contribution in [-0.2, 0) is 0 Å². The highest BCUT2D eigenvalue weighted by Crippen LogP contribution is 2.46. The van der Waals surface area contributed by atoms with Crippen molar-refractivity contribution in [2.45, 2.75) is 0 Å². The van der Waals surface area contributed by atoms with Gasteiger partial charge in [-0.2, -0.15) is 0 Å². The molecule has 0 saturated carbocycles. The zero-order chi connectivity index (χ0) is 36.9. The van der Waals surface area contributed by atoms with Crippen LogP contribution in [0.1, 0.15) is 16.4 Å². The molecule has 0 aliphatic rings. The average Bonchev–Trinajstić information content (AvgIpc) is 3.16. The molecule has 0 atom stereocenters. The second-order valence-corrected chi connectivity index (χ2v) is 9.60. The van der Waals surface area contributed by atoms with Crippen LogP contribution in [0.25, 0.3) is 76.5 Å². The lowest BCUT2D eigenvalue weighted by Gasteiger charge is -2.19. The highest BCUT2D eigenvalue weighted by molar-refractivity contribution is 6.24. The highest BCUT2D eigenvalue weighted by Gasteiger charge is 2.18. The summed E-state index contributed by atoms with van der Waals surface area (Å²) in [5.74, 6) is 0. The van der Waals surface area contributed by atoms with Crippen LogP contribution in [0.4, 0.5) is 0 Å². The van der Waals surface area contributed by atoms with Gasteiger partial charge in [-0.3, -0.25) is 0 Å². The summed E-state index contributed by atoms with van der Waals surface area (Å²) < 4.78 is 106. The van der Waals surface area contributed by atoms with Gasteiger partial charge in [-0.25, -0.2) is 0 Å². The summed E-state index contributed by atoms with van der Waals surface area (Å²) in [6, 6.07) is 20.3. The third-order valence-corrected chi connectivity index (χ3v) is 7.44. The Labute approximate surface area is 250 Å². The van der Waals surface area contributed by atoms with E-state index in [1.54, 1.807) is 12.1 Å². The molecular formula is C40H26. The molecule has 0 heteroatoms. The van der Waals surface area contributed by atoms with E-state index in [2.05, 4.69) is 6.07 Å². The molecule has 0 saturated heterocycles. The van der Waals surface area contributed by atoms with E-state index in [1.807, 2.05) is 60.7 Å². The van der Waals surface area contributed by atoms with Crippen molar-refractivity contribution in [1.29, 1.82) is 0 Å². The maximum Gasteiger partial charge on any atom is 0.0629 e. The van der Waals surface area contributed by atoms with Crippen LogP contribution in [0.2, 0.25) is 0 Å². The fourth-order valence-electron chi connectivity index (χ4n) is 5.71. The molecule has 0 fully saturated rings. The molecule has 8 aromatic rings. The van der Waals surface area contributed by atoms with E-state index in [1.165, 1.54) is 0 Å². The number of rotatable bonds is 3. The molecule has 0 unspecified atom stereocenters. The maximum absolute atomic E-state index is 9.27. The first kappa shape index (κ1) is 13.7. The minimum absolute atomic E-state index is 0.0328. The van der Waals surface area contributed by atoms with E-state index in [0.717, 1.165) is 33.4 Å². The molecule has 0 radical (unpaired) electrons. The van der Waals surface area contributed by atoms with Gasteiger partial charge in [0.1, 0.15) is 0 Å². The predicted octanol–water partition coefficient (Wildman–Crippen LogP) is 11.3. The first-order valence-corrected chi connectivity index (χ1v) is 12.9. The van der Waals surface area contributed by atoms with Crippen LogP contribution in [0.3, 0.4) is 0 Å². The van der Waals surface area contributed by atoms with Crippen molar-refractivity contribution >= 4 is 43.1 Å². The lowest BCUT2D eigenvalue weighted by atomic mass is 9.84. The van der Waals surface area contributed by atoms with E-state index < -0.39 is 72.5 Å². The molecule has 0 heterocycles. The number of hydrogen-bond donors (Lipinski definition) is 0. The Balaban J connectivity index is 1.62. The van der Waals surface area contributed by atoms with Crippen molar-refractivity contribution in [3.05, 3.63) is 157 Å². The van der Waals surface area contributed by atoms with Gasteiger partial charge in [-0.15, -0.1) is 0 Å². The Morgan fingerprint density at radius 3 is 1.68 bits per heavy atom. The molecule has 0 bridgehead atoms. The third-order valence-electron chi connectivity index (χ3n) is 7.44. The van der Waals surface area contributed by atoms with Crippen molar-refractivity contribution in [2.24, 2.45) is 0 Å². The van der Waals surface area contributed by atoms with E-state index >= 15 is 0 Å². The SMILES string of the molecule is [2H]c1cc(-c2c3c([2H])c([2H])c([2H])c([2H])c3c(-c3cccc4c(-c5ccc6ccccc6c5)cccc34)c3c([2H])c([2H])c([2H])c([2H])c23)c([2H])c([2H])c1[2H]. The molecule has 0 aromatic heterocycles. The number of benzene rings is 8. The van der Waals surface area contributed by atoms with Gasteiger partial charge in [-0.05, 0) is 82.5 Å². The van der Waals surface area contributed by atoms with E-state index in [9.17, 15) is 5.48 Å². The zero-order valence-electron chi connectivity index (χ0n) is 33.1. The van der Waals surface area contributed by atoms with E-state index in [0.29, 0.717) is 10.9 Å². The molecule has 0 spiro atoms. The largest absolute Gasteiger partial charge is 0.0629 e. The zero-order valence-corrected chi connectivity index (χ0v) is 21.1. The third kappa shape index (κ3) is 3.54. The molecule has 186 valence electrons. The van der Waals surface area contributed by atoms with Crippen LogP contribution < -0.4 is 0 Å². The maximum atomic E-state index is 9.27. The molecule has 0 aliphatic heterocycles. The topological polar surface area (TPSA) is 0 Å². The minimum atomic E-state index is -0.595. The van der Waals surface area contributed by atoms with Crippen molar-refractivity contribution in [1.82, 2.24) is 0 Å². The molecule has 0 N–H and O–H groups in total. The van der Waals surface area contributed by atoms with E-state index in [4.69, 9.17) is 11.0 Å². The van der Waals surface area contributed by atoms with Crippen LogP contribution in [0.5, 0.6) is 0 Å². The summed E-state index contributed by atoms with van der Waals surface area (Å²) in [4.78, 5) is 0. The molecule has 0 amide bonds. The van der Waals surface area contributed by atoms with Crippen molar-refractivity contribution < 1.29 is 16.4 Å². The van der Waals surface area contributed by atoms with Crippen LogP contribution in [0.15, 0.2) is 157 Å². The number of fused-ring (bicyclic) bond motifs is 4. The Kier molecular flexibility index (Phi) is 3.17. The summed E-state index contributed by atoms with van der Waals surface area (Å²) >= 11 is 0. The van der Waals surface area contributed by atoms with Crippen LogP contribution in [-0.4, -0.2) is 0 Å². The molecule has 40 heavy (non-hydrogen) atoms. The Hall–Kier alpha value is -5.20. The van der Waals surface area contributed by atoms with Crippen molar-refractivity contribution in [3.63, 3.8) is 0 Å². The first-order chi connectivity index (χ1) is 24.8.